The lowest BCUT2D eigenvalue weighted by Crippen LogP contribution is -2.41. The van der Waals surface area contributed by atoms with Gasteiger partial charge in [0.2, 0.25) is 5.56 Å². The fourth-order valence-electron chi connectivity index (χ4n) is 2.16. The van der Waals surface area contributed by atoms with E-state index < -0.39 is 0 Å². The number of hydrogen-bond donors (Lipinski definition) is 1. The monoisotopic (exact) mass is 236 g/mol. The number of nitrogens with one attached hydrogen (secondary N) is 1. The minimum Gasteiger partial charge on any atom is -0.376 e. The Bertz CT molecular complexity index is 469. The molecule has 92 valence electrons. The van der Waals surface area contributed by atoms with Crippen LogP contribution < -0.4 is 5.56 Å². The van der Waals surface area contributed by atoms with Crippen molar-refractivity contribution in [2.75, 3.05) is 13.7 Å². The Kier molecular flexibility index (Phi) is 3.28. The highest BCUT2D eigenvalue weighted by molar-refractivity contribution is 5.94. The largest absolute Gasteiger partial charge is 0.376 e. The van der Waals surface area contributed by atoms with Crippen LogP contribution in [0.25, 0.3) is 0 Å². The Hall–Kier alpha value is -1.62. The van der Waals surface area contributed by atoms with Crippen LogP contribution in [0, 0.1) is 0 Å². The first-order chi connectivity index (χ1) is 8.09. The van der Waals surface area contributed by atoms with E-state index in [0.717, 1.165) is 6.42 Å². The van der Waals surface area contributed by atoms with Crippen LogP contribution in [0.4, 0.5) is 0 Å². The third-order valence-electron chi connectivity index (χ3n) is 3.18. The number of amides is 1. The summed E-state index contributed by atoms with van der Waals surface area (Å²) in [6.45, 7) is 2.64. The highest BCUT2D eigenvalue weighted by Crippen LogP contribution is 2.19. The number of pyridine rings is 1. The van der Waals surface area contributed by atoms with Crippen LogP contribution in [-0.4, -0.2) is 41.6 Å². The summed E-state index contributed by atoms with van der Waals surface area (Å²) in [6, 6.07) is 3.02. The molecule has 0 aromatic carbocycles. The van der Waals surface area contributed by atoms with Gasteiger partial charge >= 0.3 is 0 Å². The van der Waals surface area contributed by atoms with Gasteiger partial charge in [-0.15, -0.1) is 0 Å². The molecule has 2 heterocycles. The second kappa shape index (κ2) is 4.71. The topological polar surface area (TPSA) is 62.4 Å². The zero-order valence-electron chi connectivity index (χ0n) is 9.97. The van der Waals surface area contributed by atoms with E-state index in [0.29, 0.717) is 12.2 Å². The van der Waals surface area contributed by atoms with E-state index in [4.69, 9.17) is 4.74 Å². The molecule has 2 rings (SSSR count). The number of carbonyl (C=O) groups excluding carboxylic acids is 1. The van der Waals surface area contributed by atoms with E-state index in [-0.39, 0.29) is 23.6 Å². The molecule has 1 aromatic heterocycles. The molecule has 1 N–H and O–H groups in total. The fourth-order valence-corrected chi connectivity index (χ4v) is 2.16. The summed E-state index contributed by atoms with van der Waals surface area (Å²) in [5.41, 5.74) is 0.148. The Morgan fingerprint density at radius 2 is 2.35 bits per heavy atom. The van der Waals surface area contributed by atoms with E-state index in [1.807, 2.05) is 6.92 Å². The molecule has 2 atom stereocenters. The second-order valence-electron chi connectivity index (χ2n) is 4.29. The molecule has 0 saturated carbocycles. The molecule has 1 amide bonds. The first-order valence-electron chi connectivity index (χ1n) is 5.67. The SMILES string of the molecule is CC1OCCC1N(C)C(=O)c1cc[nH]c(=O)c1. The molecular formula is C12H16N2O3. The minimum atomic E-state index is -0.264. The molecule has 0 spiro atoms. The average molecular weight is 236 g/mol. The minimum absolute atomic E-state index is 0.0472. The van der Waals surface area contributed by atoms with Crippen LogP contribution in [0.3, 0.4) is 0 Å². The lowest BCUT2D eigenvalue weighted by atomic mass is 10.1. The van der Waals surface area contributed by atoms with Crippen LogP contribution in [0.1, 0.15) is 23.7 Å². The number of aromatic amines is 1. The molecule has 2 unspecified atom stereocenters. The lowest BCUT2D eigenvalue weighted by Gasteiger charge is -2.26. The highest BCUT2D eigenvalue weighted by atomic mass is 16.5. The van der Waals surface area contributed by atoms with E-state index in [1.165, 1.54) is 12.3 Å². The Morgan fingerprint density at radius 3 is 2.94 bits per heavy atom. The smallest absolute Gasteiger partial charge is 0.254 e. The molecule has 1 saturated heterocycles. The lowest BCUT2D eigenvalue weighted by molar-refractivity contribution is 0.0574. The van der Waals surface area contributed by atoms with Gasteiger partial charge in [0.25, 0.3) is 5.91 Å². The van der Waals surface area contributed by atoms with Crippen LogP contribution in [0.5, 0.6) is 0 Å². The zero-order valence-corrected chi connectivity index (χ0v) is 9.97. The van der Waals surface area contributed by atoms with E-state index >= 15 is 0 Å². The van der Waals surface area contributed by atoms with Crippen molar-refractivity contribution in [3.63, 3.8) is 0 Å². The van der Waals surface area contributed by atoms with Crippen LogP contribution in [0.2, 0.25) is 0 Å². The van der Waals surface area contributed by atoms with Gasteiger partial charge in [-0.25, -0.2) is 0 Å². The zero-order chi connectivity index (χ0) is 12.4. The van der Waals surface area contributed by atoms with Crippen molar-refractivity contribution in [1.82, 2.24) is 9.88 Å². The van der Waals surface area contributed by atoms with Gasteiger partial charge in [-0.1, -0.05) is 0 Å². The van der Waals surface area contributed by atoms with Gasteiger partial charge in [0, 0.05) is 31.5 Å². The number of ether oxygens (including phenoxy) is 1. The molecule has 1 aliphatic rings. The predicted molar refractivity (Wildman–Crippen MR) is 63.0 cm³/mol. The molecule has 1 aliphatic heterocycles. The standard InChI is InChI=1S/C12H16N2O3/c1-8-10(4-6-17-8)14(2)12(16)9-3-5-13-11(15)7-9/h3,5,7-8,10H,4,6H2,1-2H3,(H,13,15). The van der Waals surface area contributed by atoms with Crippen LogP contribution in [0.15, 0.2) is 23.1 Å². The Morgan fingerprint density at radius 1 is 1.59 bits per heavy atom. The summed E-state index contributed by atoms with van der Waals surface area (Å²) in [5.74, 6) is -0.140. The summed E-state index contributed by atoms with van der Waals surface area (Å²) in [6.07, 6.45) is 2.37. The number of rotatable bonds is 2. The number of carbonyl (C=O) groups is 1. The number of hydrogen-bond acceptors (Lipinski definition) is 3. The number of nitrogens with zero attached hydrogens (tertiary/aromatic N) is 1. The summed E-state index contributed by atoms with van der Waals surface area (Å²) < 4.78 is 5.43. The third kappa shape index (κ3) is 2.39. The van der Waals surface area contributed by atoms with Gasteiger partial charge < -0.3 is 14.6 Å². The summed E-state index contributed by atoms with van der Waals surface area (Å²) in [4.78, 5) is 27.5. The molecule has 0 aliphatic carbocycles. The molecule has 1 fully saturated rings. The molecule has 5 heteroatoms. The average Bonchev–Trinajstić information content (AvgIpc) is 2.73. The molecule has 17 heavy (non-hydrogen) atoms. The van der Waals surface area contributed by atoms with Crippen molar-refractivity contribution in [3.05, 3.63) is 34.2 Å². The van der Waals surface area contributed by atoms with Crippen molar-refractivity contribution in [2.45, 2.75) is 25.5 Å². The van der Waals surface area contributed by atoms with Gasteiger partial charge in [-0.05, 0) is 19.4 Å². The van der Waals surface area contributed by atoms with Gasteiger partial charge in [-0.3, -0.25) is 9.59 Å². The summed E-state index contributed by atoms with van der Waals surface area (Å²) in [7, 11) is 1.75. The Balaban J connectivity index is 2.17. The van der Waals surface area contributed by atoms with Gasteiger partial charge in [0.1, 0.15) is 0 Å². The van der Waals surface area contributed by atoms with Gasteiger partial charge in [-0.2, -0.15) is 0 Å². The van der Waals surface area contributed by atoms with Crippen LogP contribution >= 0.6 is 0 Å². The molecule has 1 aromatic rings. The normalized spacial score (nSPS) is 23.6. The summed E-state index contributed by atoms with van der Waals surface area (Å²) in [5, 5.41) is 0. The van der Waals surface area contributed by atoms with Crippen molar-refractivity contribution in [1.29, 1.82) is 0 Å². The van der Waals surface area contributed by atoms with Crippen LogP contribution in [-0.2, 0) is 4.74 Å². The Labute approximate surface area is 99.4 Å². The fraction of sp³-hybridized carbons (Fsp3) is 0.500. The van der Waals surface area contributed by atoms with Crippen molar-refractivity contribution < 1.29 is 9.53 Å². The first kappa shape index (κ1) is 11.9. The van der Waals surface area contributed by atoms with E-state index in [2.05, 4.69) is 4.98 Å². The maximum atomic E-state index is 12.1. The van der Waals surface area contributed by atoms with Crippen molar-refractivity contribution in [2.24, 2.45) is 0 Å². The van der Waals surface area contributed by atoms with E-state index in [1.54, 1.807) is 18.0 Å². The highest BCUT2D eigenvalue weighted by Gasteiger charge is 2.30. The molecule has 5 nitrogen and oxygen atoms in total. The summed E-state index contributed by atoms with van der Waals surface area (Å²) >= 11 is 0. The predicted octanol–water partition coefficient (Wildman–Crippen LogP) is 0.624. The maximum Gasteiger partial charge on any atom is 0.254 e. The molecule has 0 radical (unpaired) electrons. The van der Waals surface area contributed by atoms with Gasteiger partial charge in [0.05, 0.1) is 12.1 Å². The van der Waals surface area contributed by atoms with Crippen molar-refractivity contribution in [3.8, 4) is 0 Å². The quantitative estimate of drug-likeness (QED) is 0.819. The molecule has 0 bridgehead atoms. The maximum absolute atomic E-state index is 12.1. The number of likely N-dealkylation sites (N-methyl/N-ethyl adjacent to an activating group) is 1. The first-order valence-corrected chi connectivity index (χ1v) is 5.67. The van der Waals surface area contributed by atoms with Crippen molar-refractivity contribution >= 4 is 5.91 Å². The number of H-pyrrole nitrogens is 1. The number of aromatic nitrogens is 1. The molecular weight excluding hydrogens is 220 g/mol. The third-order valence-corrected chi connectivity index (χ3v) is 3.18. The van der Waals surface area contributed by atoms with E-state index in [9.17, 15) is 9.59 Å². The van der Waals surface area contributed by atoms with Gasteiger partial charge in [0.15, 0.2) is 0 Å². The second-order valence-corrected chi connectivity index (χ2v) is 4.29.